The molecule has 0 fully saturated rings. The fraction of sp³-hybridized carbons (Fsp3) is 0.167. The van der Waals surface area contributed by atoms with Gasteiger partial charge in [-0.05, 0) is 73.5 Å². The number of nitrogens with zero attached hydrogens (tertiary/aromatic N) is 6. The molecule has 0 spiro atoms. The molecule has 0 saturated heterocycles. The Hall–Kier alpha value is -4.27. The smallest absolute Gasteiger partial charge is 0.192 e. The Labute approximate surface area is 188 Å². The van der Waals surface area contributed by atoms with E-state index in [1.165, 1.54) is 12.1 Å². The van der Waals surface area contributed by atoms with Gasteiger partial charge in [0.25, 0.3) is 0 Å². The quantitative estimate of drug-likeness (QED) is 0.287. The SMILES string of the molecule is COc1ccc(/C=N/OCc2nc3c4c(C)c(C)n(-c5ccc(F)cc5)c4ncn3n2)cc1. The van der Waals surface area contributed by atoms with E-state index in [4.69, 9.17) is 9.57 Å². The van der Waals surface area contributed by atoms with E-state index in [0.717, 1.165) is 39.3 Å². The molecule has 2 aromatic carbocycles. The van der Waals surface area contributed by atoms with Gasteiger partial charge in [0.2, 0.25) is 0 Å². The number of halogens is 1. The second kappa shape index (κ2) is 8.34. The van der Waals surface area contributed by atoms with Gasteiger partial charge in [-0.1, -0.05) is 5.16 Å². The lowest BCUT2D eigenvalue weighted by atomic mass is 10.2. The van der Waals surface area contributed by atoms with Gasteiger partial charge in [0, 0.05) is 11.4 Å². The van der Waals surface area contributed by atoms with Gasteiger partial charge in [0.15, 0.2) is 23.7 Å². The lowest BCUT2D eigenvalue weighted by Crippen LogP contribution is -1.99. The van der Waals surface area contributed by atoms with Crippen molar-refractivity contribution in [3.05, 3.63) is 83.3 Å². The maximum absolute atomic E-state index is 13.4. The van der Waals surface area contributed by atoms with Gasteiger partial charge in [-0.2, -0.15) is 0 Å². The van der Waals surface area contributed by atoms with Crippen LogP contribution in [0.3, 0.4) is 0 Å². The Morgan fingerprint density at radius 3 is 2.52 bits per heavy atom. The Balaban J connectivity index is 1.43. The third-order valence-corrected chi connectivity index (χ3v) is 5.55. The molecule has 0 aliphatic carbocycles. The van der Waals surface area contributed by atoms with Gasteiger partial charge < -0.3 is 9.57 Å². The highest BCUT2D eigenvalue weighted by molar-refractivity contribution is 5.95. The van der Waals surface area contributed by atoms with Crippen LogP contribution in [0, 0.1) is 19.7 Å². The number of fused-ring (bicyclic) bond motifs is 3. The van der Waals surface area contributed by atoms with Crippen molar-refractivity contribution < 1.29 is 14.0 Å². The van der Waals surface area contributed by atoms with Crippen molar-refractivity contribution in [1.29, 1.82) is 0 Å². The van der Waals surface area contributed by atoms with Crippen molar-refractivity contribution in [1.82, 2.24) is 24.1 Å². The van der Waals surface area contributed by atoms with Crippen LogP contribution < -0.4 is 4.74 Å². The van der Waals surface area contributed by atoms with Gasteiger partial charge in [-0.15, -0.1) is 5.10 Å². The zero-order chi connectivity index (χ0) is 22.9. The molecule has 33 heavy (non-hydrogen) atoms. The molecule has 3 aromatic heterocycles. The summed E-state index contributed by atoms with van der Waals surface area (Å²) in [6.07, 6.45) is 3.24. The highest BCUT2D eigenvalue weighted by Gasteiger charge is 2.19. The molecule has 166 valence electrons. The molecule has 0 N–H and O–H groups in total. The van der Waals surface area contributed by atoms with Gasteiger partial charge >= 0.3 is 0 Å². The van der Waals surface area contributed by atoms with Crippen molar-refractivity contribution in [2.75, 3.05) is 7.11 Å². The molecule has 0 saturated carbocycles. The monoisotopic (exact) mass is 444 g/mol. The fourth-order valence-corrected chi connectivity index (χ4v) is 3.76. The van der Waals surface area contributed by atoms with E-state index < -0.39 is 0 Å². The van der Waals surface area contributed by atoms with Crippen LogP contribution in [0.4, 0.5) is 4.39 Å². The second-order valence-corrected chi connectivity index (χ2v) is 7.54. The molecular weight excluding hydrogens is 423 g/mol. The van der Waals surface area contributed by atoms with Crippen LogP contribution in [-0.2, 0) is 11.4 Å². The van der Waals surface area contributed by atoms with Crippen molar-refractivity contribution in [3.63, 3.8) is 0 Å². The number of hydrogen-bond acceptors (Lipinski definition) is 6. The maximum Gasteiger partial charge on any atom is 0.192 e. The predicted octanol–water partition coefficient (Wildman–Crippen LogP) is 4.38. The standard InChI is InChI=1S/C24H21FN6O2/c1-15-16(2)31(19-8-6-18(25)7-9-19)23-22(15)24-28-21(29-30(24)14-26-23)13-33-27-12-17-4-10-20(32-3)11-5-17/h4-12,14H,13H2,1-3H3/b27-12+. The Kier molecular flexibility index (Phi) is 5.21. The molecule has 0 amide bonds. The number of benzene rings is 2. The third kappa shape index (κ3) is 3.78. The third-order valence-electron chi connectivity index (χ3n) is 5.55. The van der Waals surface area contributed by atoms with E-state index in [0.29, 0.717) is 11.5 Å². The summed E-state index contributed by atoms with van der Waals surface area (Å²) < 4.78 is 22.2. The number of aryl methyl sites for hydroxylation is 1. The topological polar surface area (TPSA) is 78.8 Å². The minimum absolute atomic E-state index is 0.118. The van der Waals surface area contributed by atoms with Crippen LogP contribution in [0.15, 0.2) is 60.0 Å². The van der Waals surface area contributed by atoms with Crippen molar-refractivity contribution in [2.45, 2.75) is 20.5 Å². The summed E-state index contributed by atoms with van der Waals surface area (Å²) in [5.74, 6) is 0.986. The Morgan fingerprint density at radius 1 is 1.03 bits per heavy atom. The van der Waals surface area contributed by atoms with E-state index in [-0.39, 0.29) is 12.4 Å². The van der Waals surface area contributed by atoms with Gasteiger partial charge in [0.05, 0.1) is 18.7 Å². The number of oxime groups is 1. The molecule has 0 bridgehead atoms. The van der Waals surface area contributed by atoms with Gasteiger partial charge in [-0.25, -0.2) is 18.9 Å². The van der Waals surface area contributed by atoms with Crippen LogP contribution in [-0.4, -0.2) is 37.5 Å². The van der Waals surface area contributed by atoms with Crippen LogP contribution >= 0.6 is 0 Å². The first kappa shape index (κ1) is 20.6. The normalized spacial score (nSPS) is 11.6. The average Bonchev–Trinajstić information content (AvgIpc) is 3.36. The first-order chi connectivity index (χ1) is 16.0. The van der Waals surface area contributed by atoms with Crippen molar-refractivity contribution in [2.24, 2.45) is 5.16 Å². The molecule has 0 aliphatic rings. The van der Waals surface area contributed by atoms with Gasteiger partial charge in [0.1, 0.15) is 17.9 Å². The molecule has 0 unspecified atom stereocenters. The number of methoxy groups -OCH3 is 1. The second-order valence-electron chi connectivity index (χ2n) is 7.54. The zero-order valence-corrected chi connectivity index (χ0v) is 18.4. The predicted molar refractivity (Wildman–Crippen MR) is 122 cm³/mol. The summed E-state index contributed by atoms with van der Waals surface area (Å²) in [7, 11) is 1.62. The average molecular weight is 444 g/mol. The maximum atomic E-state index is 13.4. The molecule has 5 rings (SSSR count). The zero-order valence-electron chi connectivity index (χ0n) is 18.4. The summed E-state index contributed by atoms with van der Waals surface area (Å²) in [6, 6.07) is 13.8. The summed E-state index contributed by atoms with van der Waals surface area (Å²) in [6.45, 7) is 4.14. The first-order valence-electron chi connectivity index (χ1n) is 10.3. The largest absolute Gasteiger partial charge is 0.497 e. The first-order valence-corrected chi connectivity index (χ1v) is 10.3. The van der Waals surface area contributed by atoms with Crippen LogP contribution in [0.2, 0.25) is 0 Å². The molecule has 0 atom stereocenters. The fourth-order valence-electron chi connectivity index (χ4n) is 3.76. The summed E-state index contributed by atoms with van der Waals surface area (Å²) in [5, 5.41) is 9.35. The summed E-state index contributed by atoms with van der Waals surface area (Å²) in [5.41, 5.74) is 5.17. The summed E-state index contributed by atoms with van der Waals surface area (Å²) >= 11 is 0. The minimum atomic E-state index is -0.281. The van der Waals surface area contributed by atoms with Crippen molar-refractivity contribution >= 4 is 22.9 Å². The molecule has 8 nitrogen and oxygen atoms in total. The number of aromatic nitrogens is 5. The van der Waals surface area contributed by atoms with E-state index in [9.17, 15) is 4.39 Å². The minimum Gasteiger partial charge on any atom is -0.497 e. The van der Waals surface area contributed by atoms with E-state index in [1.54, 1.807) is 36.3 Å². The van der Waals surface area contributed by atoms with Crippen LogP contribution in [0.5, 0.6) is 5.75 Å². The number of ether oxygens (including phenoxy) is 1. The molecule has 5 aromatic rings. The lowest BCUT2D eigenvalue weighted by Gasteiger charge is -2.07. The molecule has 0 radical (unpaired) electrons. The highest BCUT2D eigenvalue weighted by atomic mass is 19.1. The van der Waals surface area contributed by atoms with Crippen molar-refractivity contribution in [3.8, 4) is 11.4 Å². The van der Waals surface area contributed by atoms with Gasteiger partial charge in [-0.3, -0.25) is 4.57 Å². The molecule has 9 heteroatoms. The van der Waals surface area contributed by atoms with E-state index in [2.05, 4.69) is 20.2 Å². The Bertz CT molecular complexity index is 1470. The number of hydrogen-bond donors (Lipinski definition) is 0. The van der Waals surface area contributed by atoms with E-state index in [1.807, 2.05) is 42.7 Å². The summed E-state index contributed by atoms with van der Waals surface area (Å²) in [4.78, 5) is 14.7. The Morgan fingerprint density at radius 2 is 1.79 bits per heavy atom. The number of rotatable bonds is 6. The highest BCUT2D eigenvalue weighted by Crippen LogP contribution is 2.29. The van der Waals surface area contributed by atoms with Crippen LogP contribution in [0.25, 0.3) is 22.4 Å². The van der Waals surface area contributed by atoms with Crippen LogP contribution in [0.1, 0.15) is 22.6 Å². The molecule has 0 aliphatic heterocycles. The lowest BCUT2D eigenvalue weighted by molar-refractivity contribution is 0.126. The molecular formula is C24H21FN6O2. The molecule has 3 heterocycles. The van der Waals surface area contributed by atoms with E-state index >= 15 is 0 Å².